The monoisotopic (exact) mass is 441 g/mol. The highest BCUT2D eigenvalue weighted by Crippen LogP contribution is 2.39. The van der Waals surface area contributed by atoms with Gasteiger partial charge in [-0.25, -0.2) is 9.78 Å². The number of imidazole rings is 1. The number of ether oxygens (including phenoxy) is 1. The molecule has 30 heavy (non-hydrogen) atoms. The van der Waals surface area contributed by atoms with Crippen LogP contribution in [0.2, 0.25) is 5.02 Å². The summed E-state index contributed by atoms with van der Waals surface area (Å²) in [5.74, 6) is -1.42. The number of benzene rings is 1. The van der Waals surface area contributed by atoms with Crippen LogP contribution < -0.4 is 10.5 Å². The highest BCUT2D eigenvalue weighted by atomic mass is 35.5. The van der Waals surface area contributed by atoms with Gasteiger partial charge in [-0.3, -0.25) is 9.20 Å². The first kappa shape index (κ1) is 19.9. The minimum atomic E-state index is -1.09. The summed E-state index contributed by atoms with van der Waals surface area (Å²) in [4.78, 5) is 28.8. The molecule has 4 aromatic rings. The molecule has 3 N–H and O–H groups in total. The molecule has 9 heteroatoms. The van der Waals surface area contributed by atoms with Crippen molar-refractivity contribution in [3.8, 4) is 16.3 Å². The number of nitrogens with zero attached hydrogens (tertiary/aromatic N) is 2. The maximum Gasteiger partial charge on any atom is 0.352 e. The van der Waals surface area contributed by atoms with Gasteiger partial charge in [0.25, 0.3) is 5.91 Å². The van der Waals surface area contributed by atoms with Gasteiger partial charge in [0.2, 0.25) is 0 Å². The molecule has 0 aliphatic carbocycles. The lowest BCUT2D eigenvalue weighted by Gasteiger charge is -2.16. The quantitative estimate of drug-likeness (QED) is 0.452. The standard InChI is InChI=1S/C21H16ClN3O4S/c1-11(12-5-2-3-6-13(12)22)29-16-9-17(30-19(16)20(23)26)15-10-24-18-8-4-7-14(21(27)28)25(15)18/h2-11H,1H3,(H2,23,26)(H,27,28). The number of hydrogen-bond donors (Lipinski definition) is 2. The van der Waals surface area contributed by atoms with E-state index in [1.54, 1.807) is 30.5 Å². The molecule has 0 aliphatic heterocycles. The SMILES string of the molecule is CC(Oc1cc(-c2cnc3cccc(C(=O)O)n23)sc1C(N)=O)c1ccccc1Cl. The average molecular weight is 442 g/mol. The number of nitrogens with two attached hydrogens (primary N) is 1. The van der Waals surface area contributed by atoms with Crippen molar-refractivity contribution in [1.82, 2.24) is 9.38 Å². The van der Waals surface area contributed by atoms with Crippen LogP contribution in [0.25, 0.3) is 16.2 Å². The van der Waals surface area contributed by atoms with Gasteiger partial charge >= 0.3 is 5.97 Å². The van der Waals surface area contributed by atoms with Gasteiger partial charge in [-0.05, 0) is 25.1 Å². The van der Waals surface area contributed by atoms with Crippen molar-refractivity contribution in [3.05, 3.63) is 75.9 Å². The van der Waals surface area contributed by atoms with E-state index in [1.807, 2.05) is 25.1 Å². The van der Waals surface area contributed by atoms with Crippen molar-refractivity contribution in [2.75, 3.05) is 0 Å². The lowest BCUT2D eigenvalue weighted by Crippen LogP contribution is -2.12. The molecule has 1 amide bonds. The Morgan fingerprint density at radius 2 is 2.00 bits per heavy atom. The lowest BCUT2D eigenvalue weighted by molar-refractivity contribution is 0.0688. The number of fused-ring (bicyclic) bond motifs is 1. The number of carboxylic acids is 1. The molecule has 152 valence electrons. The molecule has 3 aromatic heterocycles. The zero-order valence-corrected chi connectivity index (χ0v) is 17.3. The van der Waals surface area contributed by atoms with Crippen molar-refractivity contribution < 1.29 is 19.4 Å². The van der Waals surface area contributed by atoms with E-state index in [9.17, 15) is 14.7 Å². The number of amides is 1. The third-order valence-electron chi connectivity index (χ3n) is 4.57. The molecule has 3 heterocycles. The second kappa shape index (κ2) is 7.81. The first-order valence-corrected chi connectivity index (χ1v) is 10.1. The van der Waals surface area contributed by atoms with Gasteiger partial charge in [-0.15, -0.1) is 11.3 Å². The van der Waals surface area contributed by atoms with Crippen LogP contribution >= 0.6 is 22.9 Å². The highest BCUT2D eigenvalue weighted by Gasteiger charge is 2.22. The molecule has 7 nitrogen and oxygen atoms in total. The Kier molecular flexibility index (Phi) is 5.19. The Morgan fingerprint density at radius 1 is 1.23 bits per heavy atom. The summed E-state index contributed by atoms with van der Waals surface area (Å²) in [5.41, 5.74) is 7.39. The summed E-state index contributed by atoms with van der Waals surface area (Å²) in [7, 11) is 0. The Morgan fingerprint density at radius 3 is 2.70 bits per heavy atom. The molecule has 1 aromatic carbocycles. The fourth-order valence-corrected chi connectivity index (χ4v) is 4.43. The molecule has 0 aliphatic rings. The van der Waals surface area contributed by atoms with Crippen LogP contribution in [0.5, 0.6) is 5.75 Å². The van der Waals surface area contributed by atoms with Gasteiger partial charge in [0.1, 0.15) is 28.1 Å². The van der Waals surface area contributed by atoms with Gasteiger partial charge in [-0.2, -0.15) is 0 Å². The normalized spacial score (nSPS) is 12.1. The van der Waals surface area contributed by atoms with Gasteiger partial charge < -0.3 is 15.6 Å². The number of carbonyl (C=O) groups is 2. The van der Waals surface area contributed by atoms with Crippen molar-refractivity contribution in [3.63, 3.8) is 0 Å². The number of aromatic nitrogens is 2. The summed E-state index contributed by atoms with van der Waals surface area (Å²) >= 11 is 7.37. The number of carbonyl (C=O) groups excluding carboxylic acids is 1. The predicted molar refractivity (Wildman–Crippen MR) is 114 cm³/mol. The van der Waals surface area contributed by atoms with Crippen molar-refractivity contribution in [2.24, 2.45) is 5.73 Å². The summed E-state index contributed by atoms with van der Waals surface area (Å²) in [5, 5.41) is 10.1. The fourth-order valence-electron chi connectivity index (χ4n) is 3.20. The maximum absolute atomic E-state index is 12.0. The fraction of sp³-hybridized carbons (Fsp3) is 0.0952. The van der Waals surface area contributed by atoms with Crippen LogP contribution in [-0.4, -0.2) is 26.4 Å². The molecule has 1 unspecified atom stereocenters. The summed E-state index contributed by atoms with van der Waals surface area (Å²) in [6, 6.07) is 13.8. The number of aromatic carboxylic acids is 1. The Bertz CT molecular complexity index is 1280. The first-order valence-electron chi connectivity index (χ1n) is 8.91. The Balaban J connectivity index is 1.79. The lowest BCUT2D eigenvalue weighted by atomic mass is 10.1. The summed E-state index contributed by atoms with van der Waals surface area (Å²) in [6.45, 7) is 1.82. The van der Waals surface area contributed by atoms with Gasteiger partial charge in [-0.1, -0.05) is 35.9 Å². The molecule has 0 saturated carbocycles. The van der Waals surface area contributed by atoms with E-state index >= 15 is 0 Å². The number of hydrogen-bond acceptors (Lipinski definition) is 5. The highest BCUT2D eigenvalue weighted by molar-refractivity contribution is 7.17. The van der Waals surface area contributed by atoms with E-state index in [4.69, 9.17) is 22.1 Å². The minimum absolute atomic E-state index is 0.0564. The van der Waals surface area contributed by atoms with Crippen LogP contribution in [0.4, 0.5) is 0 Å². The smallest absolute Gasteiger partial charge is 0.352 e. The van der Waals surface area contributed by atoms with E-state index in [-0.39, 0.29) is 10.6 Å². The number of pyridine rings is 1. The predicted octanol–water partition coefficient (Wildman–Crippen LogP) is 4.65. The average Bonchev–Trinajstić information content (AvgIpc) is 3.32. The Hall–Kier alpha value is -3.36. The first-order chi connectivity index (χ1) is 14.4. The van der Waals surface area contributed by atoms with Crippen molar-refractivity contribution in [2.45, 2.75) is 13.0 Å². The molecule has 0 spiro atoms. The second-order valence-corrected chi connectivity index (χ2v) is 7.96. The van der Waals surface area contributed by atoms with E-state index in [0.29, 0.717) is 27.0 Å². The largest absolute Gasteiger partial charge is 0.484 e. The molecule has 4 rings (SSSR count). The molecule has 0 radical (unpaired) electrons. The van der Waals surface area contributed by atoms with E-state index in [2.05, 4.69) is 4.98 Å². The Labute approximate surface area is 180 Å². The van der Waals surface area contributed by atoms with E-state index < -0.39 is 18.0 Å². The topological polar surface area (TPSA) is 107 Å². The van der Waals surface area contributed by atoms with Crippen molar-refractivity contribution in [1.29, 1.82) is 0 Å². The summed E-state index contributed by atoms with van der Waals surface area (Å²) in [6.07, 6.45) is 1.12. The molecule has 0 fully saturated rings. The molecular weight excluding hydrogens is 426 g/mol. The van der Waals surface area contributed by atoms with Gasteiger partial charge in [0, 0.05) is 16.7 Å². The van der Waals surface area contributed by atoms with Gasteiger partial charge in [0.15, 0.2) is 0 Å². The van der Waals surface area contributed by atoms with Crippen LogP contribution in [0.1, 0.15) is 38.8 Å². The maximum atomic E-state index is 12.0. The van der Waals surface area contributed by atoms with Crippen LogP contribution in [0.15, 0.2) is 54.7 Å². The third kappa shape index (κ3) is 3.51. The van der Waals surface area contributed by atoms with Gasteiger partial charge in [0.05, 0.1) is 16.8 Å². The van der Waals surface area contributed by atoms with Crippen LogP contribution in [0.3, 0.4) is 0 Å². The van der Waals surface area contributed by atoms with Crippen LogP contribution in [-0.2, 0) is 0 Å². The second-order valence-electron chi connectivity index (χ2n) is 6.50. The zero-order valence-electron chi connectivity index (χ0n) is 15.7. The van der Waals surface area contributed by atoms with E-state index in [1.165, 1.54) is 10.5 Å². The van der Waals surface area contributed by atoms with E-state index in [0.717, 1.165) is 16.9 Å². The van der Waals surface area contributed by atoms with Crippen LogP contribution in [0, 0.1) is 0 Å². The molecule has 1 atom stereocenters. The number of carboxylic acid groups (broad SMARTS) is 1. The minimum Gasteiger partial charge on any atom is -0.484 e. The number of halogens is 1. The molecular formula is C21H16ClN3O4S. The van der Waals surface area contributed by atoms with Crippen molar-refractivity contribution >= 4 is 40.5 Å². The molecule has 0 bridgehead atoms. The third-order valence-corrected chi connectivity index (χ3v) is 6.07. The number of rotatable bonds is 6. The molecule has 0 saturated heterocycles. The summed E-state index contributed by atoms with van der Waals surface area (Å²) < 4.78 is 7.54. The zero-order chi connectivity index (χ0) is 21.4. The number of primary amides is 1. The number of thiophene rings is 1.